The molecule has 0 unspecified atom stereocenters. The van der Waals surface area contributed by atoms with Gasteiger partial charge in [-0.3, -0.25) is 9.48 Å². The van der Waals surface area contributed by atoms with Gasteiger partial charge in [0.1, 0.15) is 11.6 Å². The number of nitrogens with zero attached hydrogens (tertiary/aromatic N) is 2. The van der Waals surface area contributed by atoms with Gasteiger partial charge in [0.15, 0.2) is 0 Å². The minimum atomic E-state index is -1.20. The SMILES string of the molecule is O=C(O)Cc1cc(F)c(-c2cnn(CC3CC3)c2)cc1F. The Morgan fingerprint density at radius 1 is 1.33 bits per heavy atom. The van der Waals surface area contributed by atoms with Crippen LogP contribution < -0.4 is 0 Å². The normalized spacial score (nSPS) is 14.4. The van der Waals surface area contributed by atoms with Gasteiger partial charge < -0.3 is 5.11 Å². The zero-order valence-electron chi connectivity index (χ0n) is 11.2. The molecule has 0 radical (unpaired) electrons. The van der Waals surface area contributed by atoms with Gasteiger partial charge >= 0.3 is 5.97 Å². The van der Waals surface area contributed by atoms with Gasteiger partial charge in [-0.05, 0) is 30.9 Å². The number of hydrogen-bond donors (Lipinski definition) is 1. The number of hydrogen-bond acceptors (Lipinski definition) is 2. The summed E-state index contributed by atoms with van der Waals surface area (Å²) < 4.78 is 29.6. The van der Waals surface area contributed by atoms with Crippen molar-refractivity contribution in [2.75, 3.05) is 0 Å². The van der Waals surface area contributed by atoms with Gasteiger partial charge in [0.2, 0.25) is 0 Å². The second-order valence-electron chi connectivity index (χ2n) is 5.39. The summed E-state index contributed by atoms with van der Waals surface area (Å²) in [5.74, 6) is -1.92. The van der Waals surface area contributed by atoms with E-state index in [1.807, 2.05) is 0 Å². The number of carboxylic acids is 1. The van der Waals surface area contributed by atoms with Crippen LogP contribution in [0.2, 0.25) is 0 Å². The standard InChI is InChI=1S/C15H14F2N2O2/c16-13-5-12(14(17)3-10(13)4-15(20)21)11-6-18-19(8-11)7-9-1-2-9/h3,5-6,8-9H,1-2,4,7H2,(H,20,21). The van der Waals surface area contributed by atoms with Crippen LogP contribution in [0.25, 0.3) is 11.1 Å². The van der Waals surface area contributed by atoms with Crippen LogP contribution in [0.4, 0.5) is 8.78 Å². The first-order chi connectivity index (χ1) is 10.0. The van der Waals surface area contributed by atoms with Gasteiger partial charge in [0.25, 0.3) is 0 Å². The number of halogens is 2. The summed E-state index contributed by atoms with van der Waals surface area (Å²) in [5, 5.41) is 12.8. The maximum Gasteiger partial charge on any atom is 0.307 e. The molecule has 1 fully saturated rings. The Labute approximate surface area is 120 Å². The van der Waals surface area contributed by atoms with Crippen LogP contribution in [0, 0.1) is 17.6 Å². The molecule has 1 aromatic heterocycles. The summed E-state index contributed by atoms with van der Waals surface area (Å²) in [4.78, 5) is 10.6. The van der Waals surface area contributed by atoms with Gasteiger partial charge in [0, 0.05) is 29.4 Å². The molecule has 1 heterocycles. The van der Waals surface area contributed by atoms with Crippen molar-refractivity contribution in [3.63, 3.8) is 0 Å². The first-order valence-electron chi connectivity index (χ1n) is 6.75. The third-order valence-electron chi connectivity index (χ3n) is 3.56. The van der Waals surface area contributed by atoms with Crippen molar-refractivity contribution in [2.45, 2.75) is 25.8 Å². The van der Waals surface area contributed by atoms with E-state index in [0.717, 1.165) is 18.7 Å². The van der Waals surface area contributed by atoms with Crippen LogP contribution in [0.5, 0.6) is 0 Å². The number of carbonyl (C=O) groups is 1. The number of aliphatic carboxylic acids is 1. The van der Waals surface area contributed by atoms with E-state index in [4.69, 9.17) is 5.11 Å². The Balaban J connectivity index is 1.88. The van der Waals surface area contributed by atoms with Crippen molar-refractivity contribution in [3.05, 3.63) is 41.7 Å². The number of carboxylic acid groups (broad SMARTS) is 1. The summed E-state index contributed by atoms with van der Waals surface area (Å²) >= 11 is 0. The molecule has 6 heteroatoms. The van der Waals surface area contributed by atoms with E-state index in [2.05, 4.69) is 5.10 Å². The third kappa shape index (κ3) is 3.09. The molecular weight excluding hydrogens is 278 g/mol. The second kappa shape index (κ2) is 5.27. The molecule has 3 rings (SSSR count). The number of aromatic nitrogens is 2. The minimum Gasteiger partial charge on any atom is -0.481 e. The predicted molar refractivity (Wildman–Crippen MR) is 71.6 cm³/mol. The number of rotatable bonds is 5. The average molecular weight is 292 g/mol. The third-order valence-corrected chi connectivity index (χ3v) is 3.56. The van der Waals surface area contributed by atoms with Gasteiger partial charge in [-0.1, -0.05) is 0 Å². The molecule has 1 aliphatic carbocycles. The summed E-state index contributed by atoms with van der Waals surface area (Å²) in [7, 11) is 0. The molecule has 0 bridgehead atoms. The highest BCUT2D eigenvalue weighted by Gasteiger charge is 2.22. The van der Waals surface area contributed by atoms with Gasteiger partial charge in [-0.25, -0.2) is 8.78 Å². The molecule has 2 aromatic rings. The Bertz CT molecular complexity index is 693. The molecular formula is C15H14F2N2O2. The predicted octanol–water partition coefficient (Wildman–Crippen LogP) is 2.87. The van der Waals surface area contributed by atoms with Crippen LogP contribution in [0.15, 0.2) is 24.5 Å². The van der Waals surface area contributed by atoms with E-state index in [1.54, 1.807) is 10.9 Å². The summed E-state index contributed by atoms with van der Waals surface area (Å²) in [6, 6.07) is 1.98. The van der Waals surface area contributed by atoms with Crippen LogP contribution >= 0.6 is 0 Å². The lowest BCUT2D eigenvalue weighted by atomic mass is 10.0. The molecule has 21 heavy (non-hydrogen) atoms. The molecule has 0 spiro atoms. The van der Waals surface area contributed by atoms with Crippen LogP contribution in [0.3, 0.4) is 0 Å². The zero-order chi connectivity index (χ0) is 15.0. The highest BCUT2D eigenvalue weighted by Crippen LogP contribution is 2.31. The fourth-order valence-corrected chi connectivity index (χ4v) is 2.28. The first kappa shape index (κ1) is 13.7. The molecule has 0 amide bonds. The van der Waals surface area contributed by atoms with Gasteiger partial charge in [-0.2, -0.15) is 5.10 Å². The van der Waals surface area contributed by atoms with Crippen molar-refractivity contribution < 1.29 is 18.7 Å². The van der Waals surface area contributed by atoms with E-state index >= 15 is 0 Å². The molecule has 1 saturated carbocycles. The van der Waals surface area contributed by atoms with E-state index in [1.165, 1.54) is 19.0 Å². The quantitative estimate of drug-likeness (QED) is 0.922. The average Bonchev–Trinajstić information content (AvgIpc) is 3.09. The van der Waals surface area contributed by atoms with Crippen molar-refractivity contribution in [2.24, 2.45) is 5.92 Å². The Kier molecular flexibility index (Phi) is 3.45. The van der Waals surface area contributed by atoms with E-state index < -0.39 is 24.0 Å². The van der Waals surface area contributed by atoms with Crippen LogP contribution in [0.1, 0.15) is 18.4 Å². The van der Waals surface area contributed by atoms with Gasteiger partial charge in [-0.15, -0.1) is 0 Å². The Morgan fingerprint density at radius 2 is 2.10 bits per heavy atom. The molecule has 1 aromatic carbocycles. The van der Waals surface area contributed by atoms with Crippen molar-refractivity contribution in [3.8, 4) is 11.1 Å². The second-order valence-corrected chi connectivity index (χ2v) is 5.39. The topological polar surface area (TPSA) is 55.1 Å². The van der Waals surface area contributed by atoms with Crippen LogP contribution in [-0.4, -0.2) is 20.9 Å². The smallest absolute Gasteiger partial charge is 0.307 e. The van der Waals surface area contributed by atoms with Crippen molar-refractivity contribution in [1.82, 2.24) is 9.78 Å². The highest BCUT2D eigenvalue weighted by atomic mass is 19.1. The summed E-state index contributed by atoms with van der Waals surface area (Å²) in [5.41, 5.74) is 0.437. The molecule has 110 valence electrons. The molecule has 0 atom stereocenters. The molecule has 1 aliphatic rings. The molecule has 0 aliphatic heterocycles. The van der Waals surface area contributed by atoms with Gasteiger partial charge in [0.05, 0.1) is 12.6 Å². The summed E-state index contributed by atoms with van der Waals surface area (Å²) in [6.07, 6.45) is 5.01. The molecule has 4 nitrogen and oxygen atoms in total. The first-order valence-corrected chi connectivity index (χ1v) is 6.75. The maximum absolute atomic E-state index is 14.1. The zero-order valence-corrected chi connectivity index (χ0v) is 11.2. The minimum absolute atomic E-state index is 0.101. The fourth-order valence-electron chi connectivity index (χ4n) is 2.28. The maximum atomic E-state index is 14.1. The lowest BCUT2D eigenvalue weighted by molar-refractivity contribution is -0.136. The van der Waals surface area contributed by atoms with Crippen LogP contribution in [-0.2, 0) is 17.8 Å². The monoisotopic (exact) mass is 292 g/mol. The van der Waals surface area contributed by atoms with Crippen molar-refractivity contribution >= 4 is 5.97 Å². The Hall–Kier alpha value is -2.24. The van der Waals surface area contributed by atoms with E-state index in [9.17, 15) is 13.6 Å². The largest absolute Gasteiger partial charge is 0.481 e. The molecule has 0 saturated heterocycles. The number of benzene rings is 1. The van der Waals surface area contributed by atoms with Crippen molar-refractivity contribution in [1.29, 1.82) is 0 Å². The lowest BCUT2D eigenvalue weighted by Crippen LogP contribution is -2.03. The Morgan fingerprint density at radius 3 is 2.76 bits per heavy atom. The van der Waals surface area contributed by atoms with E-state index in [-0.39, 0.29) is 11.1 Å². The highest BCUT2D eigenvalue weighted by molar-refractivity contribution is 5.71. The fraction of sp³-hybridized carbons (Fsp3) is 0.333. The molecule has 1 N–H and O–H groups in total. The summed E-state index contributed by atoms with van der Waals surface area (Å²) in [6.45, 7) is 0.793. The lowest BCUT2D eigenvalue weighted by Gasteiger charge is -2.05. The van der Waals surface area contributed by atoms with E-state index in [0.29, 0.717) is 11.5 Å².